The number of nitrogens with one attached hydrogen (secondary N) is 1. The molecule has 0 saturated heterocycles. The number of hydrogen-bond donors (Lipinski definition) is 2. The molecule has 1 aromatic heterocycles. The van der Waals surface area contributed by atoms with Crippen molar-refractivity contribution in [2.24, 2.45) is 5.73 Å². The molecule has 1 aromatic carbocycles. The van der Waals surface area contributed by atoms with Crippen molar-refractivity contribution in [2.45, 2.75) is 6.92 Å². The molecular formula is C14H14BrN3OS. The van der Waals surface area contributed by atoms with E-state index in [1.54, 1.807) is 6.20 Å². The second-order valence-corrected chi connectivity index (χ2v) is 5.26. The minimum absolute atomic E-state index is 0.332. The van der Waals surface area contributed by atoms with Crippen LogP contribution in [0.3, 0.4) is 0 Å². The van der Waals surface area contributed by atoms with Crippen LogP contribution in [-0.2, 0) is 0 Å². The van der Waals surface area contributed by atoms with Crippen LogP contribution in [0.1, 0.15) is 12.5 Å². The van der Waals surface area contributed by atoms with E-state index in [2.05, 4.69) is 26.2 Å². The predicted molar refractivity (Wildman–Crippen MR) is 88.7 cm³/mol. The number of hydrogen-bond acceptors (Lipinski definition) is 4. The van der Waals surface area contributed by atoms with Crippen LogP contribution in [0.5, 0.6) is 5.88 Å². The molecule has 20 heavy (non-hydrogen) atoms. The minimum Gasteiger partial charge on any atom is -0.478 e. The van der Waals surface area contributed by atoms with Gasteiger partial charge >= 0.3 is 0 Å². The largest absolute Gasteiger partial charge is 0.478 e. The van der Waals surface area contributed by atoms with E-state index in [9.17, 15) is 0 Å². The Bertz CT molecular complexity index is 616. The molecule has 0 amide bonds. The van der Waals surface area contributed by atoms with E-state index in [0.717, 1.165) is 21.4 Å². The van der Waals surface area contributed by atoms with Crippen LogP contribution in [0.25, 0.3) is 0 Å². The smallest absolute Gasteiger partial charge is 0.213 e. The summed E-state index contributed by atoms with van der Waals surface area (Å²) in [5.74, 6) is 0.599. The fourth-order valence-corrected chi connectivity index (χ4v) is 2.65. The second-order valence-electron chi connectivity index (χ2n) is 3.97. The summed E-state index contributed by atoms with van der Waals surface area (Å²) < 4.78 is 6.16. The van der Waals surface area contributed by atoms with E-state index < -0.39 is 0 Å². The SMILES string of the molecule is CCOc1ccc(Nc2cccc(Br)c2C(N)=S)cn1. The number of benzene rings is 1. The van der Waals surface area contributed by atoms with E-state index in [1.165, 1.54) is 0 Å². The molecule has 0 bridgehead atoms. The van der Waals surface area contributed by atoms with Crippen molar-refractivity contribution in [1.29, 1.82) is 0 Å². The molecule has 0 saturated carbocycles. The first kappa shape index (κ1) is 14.7. The van der Waals surface area contributed by atoms with Crippen LogP contribution < -0.4 is 15.8 Å². The Labute approximate surface area is 131 Å². The maximum absolute atomic E-state index is 5.76. The van der Waals surface area contributed by atoms with Crippen LogP contribution in [0.2, 0.25) is 0 Å². The van der Waals surface area contributed by atoms with Gasteiger partial charge in [-0.05, 0) is 41.1 Å². The maximum Gasteiger partial charge on any atom is 0.213 e. The van der Waals surface area contributed by atoms with Gasteiger partial charge in [-0.2, -0.15) is 0 Å². The highest BCUT2D eigenvalue weighted by Crippen LogP contribution is 2.27. The maximum atomic E-state index is 5.76. The Morgan fingerprint density at radius 2 is 2.20 bits per heavy atom. The molecule has 0 spiro atoms. The number of aromatic nitrogens is 1. The molecule has 2 aromatic rings. The predicted octanol–water partition coefficient (Wildman–Crippen LogP) is 3.62. The lowest BCUT2D eigenvalue weighted by Gasteiger charge is -2.12. The summed E-state index contributed by atoms with van der Waals surface area (Å²) in [6.07, 6.45) is 1.70. The lowest BCUT2D eigenvalue weighted by atomic mass is 10.1. The molecule has 0 radical (unpaired) electrons. The van der Waals surface area contributed by atoms with E-state index >= 15 is 0 Å². The zero-order valence-corrected chi connectivity index (χ0v) is 13.3. The molecule has 0 aliphatic heterocycles. The summed E-state index contributed by atoms with van der Waals surface area (Å²) in [6.45, 7) is 2.51. The normalized spacial score (nSPS) is 10.1. The quantitative estimate of drug-likeness (QED) is 0.805. The average molecular weight is 352 g/mol. The second kappa shape index (κ2) is 6.67. The molecular weight excluding hydrogens is 338 g/mol. The van der Waals surface area contributed by atoms with Gasteiger partial charge in [0.05, 0.1) is 18.5 Å². The van der Waals surface area contributed by atoms with Gasteiger partial charge in [-0.1, -0.05) is 18.3 Å². The molecule has 0 aliphatic carbocycles. The van der Waals surface area contributed by atoms with Crippen molar-refractivity contribution in [1.82, 2.24) is 4.98 Å². The van der Waals surface area contributed by atoms with Gasteiger partial charge in [0.15, 0.2) is 0 Å². The first-order valence-corrected chi connectivity index (χ1v) is 7.26. The molecule has 2 rings (SSSR count). The van der Waals surface area contributed by atoms with Crippen LogP contribution in [-0.4, -0.2) is 16.6 Å². The summed E-state index contributed by atoms with van der Waals surface area (Å²) in [4.78, 5) is 4.53. The van der Waals surface area contributed by atoms with Gasteiger partial charge in [0, 0.05) is 21.8 Å². The monoisotopic (exact) mass is 351 g/mol. The Balaban J connectivity index is 2.26. The lowest BCUT2D eigenvalue weighted by molar-refractivity contribution is 0.327. The number of anilines is 2. The highest BCUT2D eigenvalue weighted by molar-refractivity contribution is 9.10. The molecule has 0 unspecified atom stereocenters. The zero-order valence-electron chi connectivity index (χ0n) is 10.9. The minimum atomic E-state index is 0.332. The molecule has 3 N–H and O–H groups in total. The number of nitrogens with two attached hydrogens (primary N) is 1. The number of rotatable bonds is 5. The number of ether oxygens (including phenoxy) is 1. The molecule has 1 heterocycles. The molecule has 4 nitrogen and oxygen atoms in total. The summed E-state index contributed by atoms with van der Waals surface area (Å²) in [5.41, 5.74) is 8.20. The summed E-state index contributed by atoms with van der Waals surface area (Å²) in [5, 5.41) is 3.25. The molecule has 0 aliphatic rings. The zero-order chi connectivity index (χ0) is 14.5. The Morgan fingerprint density at radius 1 is 1.40 bits per heavy atom. The van der Waals surface area contributed by atoms with Crippen molar-refractivity contribution < 1.29 is 4.74 Å². The number of nitrogens with zero attached hydrogens (tertiary/aromatic N) is 1. The van der Waals surface area contributed by atoms with Crippen molar-refractivity contribution >= 4 is 44.5 Å². The van der Waals surface area contributed by atoms with Gasteiger partial charge in [0.25, 0.3) is 0 Å². The molecule has 104 valence electrons. The van der Waals surface area contributed by atoms with Gasteiger partial charge in [0.1, 0.15) is 4.99 Å². The Hall–Kier alpha value is -1.66. The Kier molecular flexibility index (Phi) is 4.92. The number of halogens is 1. The third-order valence-corrected chi connectivity index (χ3v) is 3.43. The number of thiocarbonyl (C=S) groups is 1. The van der Waals surface area contributed by atoms with Crippen molar-refractivity contribution in [3.63, 3.8) is 0 Å². The van der Waals surface area contributed by atoms with Gasteiger partial charge in [-0.15, -0.1) is 0 Å². The highest BCUT2D eigenvalue weighted by atomic mass is 79.9. The fraction of sp³-hybridized carbons (Fsp3) is 0.143. The van der Waals surface area contributed by atoms with Crippen LogP contribution in [0, 0.1) is 0 Å². The standard InChI is InChI=1S/C14H14BrN3OS/c1-2-19-12-7-6-9(8-17-12)18-11-5-3-4-10(15)13(11)14(16)20/h3-8,18H,2H2,1H3,(H2,16,20). The van der Waals surface area contributed by atoms with E-state index in [4.69, 9.17) is 22.7 Å². The molecule has 0 atom stereocenters. The first-order valence-electron chi connectivity index (χ1n) is 6.06. The average Bonchev–Trinajstić information content (AvgIpc) is 2.41. The topological polar surface area (TPSA) is 60.2 Å². The summed E-state index contributed by atoms with van der Waals surface area (Å²) in [6, 6.07) is 9.43. The van der Waals surface area contributed by atoms with Crippen LogP contribution in [0.15, 0.2) is 41.0 Å². The number of pyridine rings is 1. The Morgan fingerprint density at radius 3 is 2.80 bits per heavy atom. The van der Waals surface area contributed by atoms with Crippen LogP contribution in [0.4, 0.5) is 11.4 Å². The summed E-state index contributed by atoms with van der Waals surface area (Å²) in [7, 11) is 0. The van der Waals surface area contributed by atoms with Gasteiger partial charge < -0.3 is 15.8 Å². The molecule has 0 fully saturated rings. The van der Waals surface area contributed by atoms with Crippen molar-refractivity contribution in [3.8, 4) is 5.88 Å². The first-order chi connectivity index (χ1) is 9.61. The lowest BCUT2D eigenvalue weighted by Crippen LogP contribution is -2.12. The third kappa shape index (κ3) is 3.46. The van der Waals surface area contributed by atoms with Crippen LogP contribution >= 0.6 is 28.1 Å². The molecule has 6 heteroatoms. The van der Waals surface area contributed by atoms with E-state index in [0.29, 0.717) is 17.5 Å². The van der Waals surface area contributed by atoms with Gasteiger partial charge in [-0.25, -0.2) is 4.98 Å². The van der Waals surface area contributed by atoms with Gasteiger partial charge in [-0.3, -0.25) is 0 Å². The van der Waals surface area contributed by atoms with E-state index in [1.807, 2.05) is 37.3 Å². The fourth-order valence-electron chi connectivity index (χ4n) is 1.72. The van der Waals surface area contributed by atoms with Crippen molar-refractivity contribution in [2.75, 3.05) is 11.9 Å². The van der Waals surface area contributed by atoms with Gasteiger partial charge in [0.2, 0.25) is 5.88 Å². The third-order valence-electron chi connectivity index (χ3n) is 2.57. The van der Waals surface area contributed by atoms with E-state index in [-0.39, 0.29) is 0 Å². The highest BCUT2D eigenvalue weighted by Gasteiger charge is 2.09. The van der Waals surface area contributed by atoms with Crippen molar-refractivity contribution in [3.05, 3.63) is 46.6 Å². The summed E-state index contributed by atoms with van der Waals surface area (Å²) >= 11 is 8.53.